The van der Waals surface area contributed by atoms with Crippen LogP contribution in [0, 0.1) is 5.92 Å². The first-order chi connectivity index (χ1) is 7.61. The van der Waals surface area contributed by atoms with Crippen LogP contribution in [0.4, 0.5) is 0 Å². The summed E-state index contributed by atoms with van der Waals surface area (Å²) in [6.45, 7) is 4.30. The lowest BCUT2D eigenvalue weighted by Crippen LogP contribution is -2.23. The second-order valence-corrected chi connectivity index (χ2v) is 4.74. The third kappa shape index (κ3) is 7.82. The number of carbonyl (C=O) groups is 1. The minimum atomic E-state index is -2.18. The Hall–Kier alpha value is -0.420. The molecule has 0 aromatic rings. The van der Waals surface area contributed by atoms with Crippen LogP contribution in [0.15, 0.2) is 0 Å². The van der Waals surface area contributed by atoms with E-state index in [9.17, 15) is 13.6 Å². The van der Waals surface area contributed by atoms with Crippen LogP contribution in [0.1, 0.15) is 46.0 Å². The summed E-state index contributed by atoms with van der Waals surface area (Å²) in [5.74, 6) is -1.03. The maximum Gasteiger partial charge on any atom is 0.309 e. The van der Waals surface area contributed by atoms with E-state index in [0.29, 0.717) is 13.0 Å². The zero-order valence-electron chi connectivity index (χ0n) is 10.1. The number of hydrogen-bond donors (Lipinski definition) is 0. The van der Waals surface area contributed by atoms with Crippen molar-refractivity contribution in [3.8, 4) is 0 Å². The Bertz CT molecular complexity index is 218. The summed E-state index contributed by atoms with van der Waals surface area (Å²) in [4.78, 5) is 11.4. The molecule has 0 spiro atoms. The summed E-state index contributed by atoms with van der Waals surface area (Å²) in [6, 6.07) is 0. The molecule has 0 bridgehead atoms. The first-order valence-electron chi connectivity index (χ1n) is 5.84. The molecule has 0 aromatic carbocycles. The van der Waals surface area contributed by atoms with Gasteiger partial charge in [-0.3, -0.25) is 9.00 Å². The molecular weight excluding hydrogens is 228 g/mol. The quantitative estimate of drug-likeness (QED) is 0.356. The van der Waals surface area contributed by atoms with Crippen LogP contribution in [-0.4, -0.2) is 27.1 Å². The number of hydrogen-bond acceptors (Lipinski definition) is 4. The molecule has 0 amide bonds. The third-order valence-electron chi connectivity index (χ3n) is 2.41. The number of ether oxygens (including phenoxy) is 1. The van der Waals surface area contributed by atoms with Crippen LogP contribution in [-0.2, 0) is 20.6 Å². The van der Waals surface area contributed by atoms with Crippen molar-refractivity contribution in [2.75, 3.05) is 12.4 Å². The Morgan fingerprint density at radius 1 is 1.31 bits per heavy atom. The van der Waals surface area contributed by atoms with Crippen LogP contribution in [0.2, 0.25) is 0 Å². The molecule has 0 N–H and O–H groups in total. The van der Waals surface area contributed by atoms with Crippen LogP contribution in [0.25, 0.3) is 0 Å². The zero-order valence-corrected chi connectivity index (χ0v) is 10.9. The fourth-order valence-corrected chi connectivity index (χ4v) is 2.04. The van der Waals surface area contributed by atoms with Gasteiger partial charge in [-0.15, -0.1) is 0 Å². The van der Waals surface area contributed by atoms with E-state index in [1.807, 2.05) is 0 Å². The summed E-state index contributed by atoms with van der Waals surface area (Å²) >= 11 is -2.18. The highest BCUT2D eigenvalue weighted by Gasteiger charge is 2.17. The molecular formula is C11H21O4S-. The van der Waals surface area contributed by atoms with Crippen LogP contribution in [0.5, 0.6) is 0 Å². The predicted octanol–water partition coefficient (Wildman–Crippen LogP) is 2.02. The third-order valence-corrected chi connectivity index (χ3v) is 3.08. The molecule has 0 aliphatic rings. The molecule has 96 valence electrons. The maximum atomic E-state index is 11.4. The SMILES string of the molecule is CCCCCCOC(=O)C(CC)CS(=O)[O-]. The van der Waals surface area contributed by atoms with Gasteiger partial charge in [-0.05, 0) is 12.8 Å². The van der Waals surface area contributed by atoms with E-state index in [4.69, 9.17) is 4.74 Å². The van der Waals surface area contributed by atoms with Gasteiger partial charge in [-0.1, -0.05) is 44.2 Å². The van der Waals surface area contributed by atoms with Gasteiger partial charge in [0.05, 0.1) is 12.5 Å². The summed E-state index contributed by atoms with van der Waals surface area (Å²) in [5, 5.41) is 0. The van der Waals surface area contributed by atoms with Crippen LogP contribution in [0.3, 0.4) is 0 Å². The van der Waals surface area contributed by atoms with E-state index in [2.05, 4.69) is 6.92 Å². The second-order valence-electron chi connectivity index (χ2n) is 3.80. The van der Waals surface area contributed by atoms with Crippen LogP contribution < -0.4 is 0 Å². The normalized spacial score (nSPS) is 14.4. The fourth-order valence-electron chi connectivity index (χ4n) is 1.34. The van der Waals surface area contributed by atoms with Gasteiger partial charge in [-0.2, -0.15) is 0 Å². The molecule has 5 heteroatoms. The van der Waals surface area contributed by atoms with Crippen molar-refractivity contribution in [3.05, 3.63) is 0 Å². The largest absolute Gasteiger partial charge is 0.772 e. The Labute approximate surface area is 100 Å². The van der Waals surface area contributed by atoms with Gasteiger partial charge < -0.3 is 9.29 Å². The van der Waals surface area contributed by atoms with Crippen molar-refractivity contribution in [3.63, 3.8) is 0 Å². The summed E-state index contributed by atoms with van der Waals surface area (Å²) in [5.41, 5.74) is 0. The van der Waals surface area contributed by atoms with Crippen molar-refractivity contribution in [2.45, 2.75) is 46.0 Å². The second kappa shape index (κ2) is 9.78. The summed E-state index contributed by atoms with van der Waals surface area (Å²) in [6.07, 6.45) is 4.69. The Balaban J connectivity index is 3.71. The minimum Gasteiger partial charge on any atom is -0.772 e. The van der Waals surface area contributed by atoms with Crippen LogP contribution >= 0.6 is 0 Å². The molecule has 4 nitrogen and oxygen atoms in total. The lowest BCUT2D eigenvalue weighted by Gasteiger charge is -2.15. The minimum absolute atomic E-state index is 0.135. The van der Waals surface area contributed by atoms with Crippen molar-refractivity contribution < 1.29 is 18.3 Å². The zero-order chi connectivity index (χ0) is 12.4. The molecule has 0 fully saturated rings. The number of esters is 1. The molecule has 0 rings (SSSR count). The van der Waals surface area contributed by atoms with Gasteiger partial charge in [0.25, 0.3) is 0 Å². The molecule has 0 aromatic heterocycles. The highest BCUT2D eigenvalue weighted by molar-refractivity contribution is 7.79. The molecule has 0 aliphatic carbocycles. The van der Waals surface area contributed by atoms with Crippen molar-refractivity contribution in [2.24, 2.45) is 5.92 Å². The standard InChI is InChI=1S/C11H22O4S/c1-3-5-6-7-8-15-11(12)10(4-2)9-16(13)14/h10H,3-9H2,1-2H3,(H,13,14)/p-1. The van der Waals surface area contributed by atoms with E-state index < -0.39 is 17.0 Å². The van der Waals surface area contributed by atoms with E-state index >= 15 is 0 Å². The van der Waals surface area contributed by atoms with Gasteiger partial charge in [0.1, 0.15) is 0 Å². The van der Waals surface area contributed by atoms with E-state index in [0.717, 1.165) is 25.7 Å². The average molecular weight is 249 g/mol. The Morgan fingerprint density at radius 3 is 2.50 bits per heavy atom. The first-order valence-corrected chi connectivity index (χ1v) is 7.08. The molecule has 0 saturated carbocycles. The summed E-state index contributed by atoms with van der Waals surface area (Å²) < 4.78 is 26.0. The molecule has 0 heterocycles. The lowest BCUT2D eigenvalue weighted by atomic mass is 10.1. The van der Waals surface area contributed by atoms with E-state index in [1.165, 1.54) is 0 Å². The maximum absolute atomic E-state index is 11.4. The van der Waals surface area contributed by atoms with Gasteiger partial charge in [0.15, 0.2) is 0 Å². The highest BCUT2D eigenvalue weighted by atomic mass is 32.2. The van der Waals surface area contributed by atoms with E-state index in [1.54, 1.807) is 6.92 Å². The summed E-state index contributed by atoms with van der Waals surface area (Å²) in [7, 11) is 0. The van der Waals surface area contributed by atoms with Crippen molar-refractivity contribution in [1.29, 1.82) is 0 Å². The van der Waals surface area contributed by atoms with E-state index in [-0.39, 0.29) is 11.7 Å². The smallest absolute Gasteiger partial charge is 0.309 e. The lowest BCUT2D eigenvalue weighted by molar-refractivity contribution is -0.148. The predicted molar refractivity (Wildman–Crippen MR) is 62.7 cm³/mol. The van der Waals surface area contributed by atoms with Gasteiger partial charge in [0.2, 0.25) is 0 Å². The Morgan fingerprint density at radius 2 is 2.00 bits per heavy atom. The molecule has 2 atom stereocenters. The van der Waals surface area contributed by atoms with Crippen molar-refractivity contribution in [1.82, 2.24) is 0 Å². The Kier molecular flexibility index (Phi) is 9.52. The topological polar surface area (TPSA) is 66.4 Å². The van der Waals surface area contributed by atoms with Gasteiger partial charge in [-0.25, -0.2) is 0 Å². The molecule has 0 saturated heterocycles. The molecule has 0 radical (unpaired) electrons. The molecule has 2 unspecified atom stereocenters. The molecule has 16 heavy (non-hydrogen) atoms. The number of carbonyl (C=O) groups excluding carboxylic acids is 1. The molecule has 0 aliphatic heterocycles. The monoisotopic (exact) mass is 249 g/mol. The average Bonchev–Trinajstić information content (AvgIpc) is 2.25. The highest BCUT2D eigenvalue weighted by Crippen LogP contribution is 2.08. The van der Waals surface area contributed by atoms with Gasteiger partial charge in [0, 0.05) is 5.75 Å². The number of rotatable bonds is 9. The van der Waals surface area contributed by atoms with Gasteiger partial charge >= 0.3 is 5.97 Å². The first kappa shape index (κ1) is 15.6. The van der Waals surface area contributed by atoms with Crippen molar-refractivity contribution >= 4 is 17.0 Å². The fraction of sp³-hybridized carbons (Fsp3) is 0.909. The number of unbranched alkanes of at least 4 members (excludes halogenated alkanes) is 3.